The molecule has 10 N–H and O–H groups in total. The molecular weight excluding hydrogens is 504 g/mol. The molecule has 0 aromatic heterocycles. The first-order chi connectivity index (χ1) is 17.5. The molecular formula is C22H30O15. The lowest BCUT2D eigenvalue weighted by Gasteiger charge is -2.04. The van der Waals surface area contributed by atoms with E-state index in [9.17, 15) is 9.59 Å². The number of carbonyl (C=O) groups is 2. The number of rotatable bonds is 12. The molecule has 2 rings (SSSR count). The van der Waals surface area contributed by atoms with Crippen molar-refractivity contribution in [3.8, 4) is 34.5 Å². The quantitative estimate of drug-likeness (QED) is 0.127. The van der Waals surface area contributed by atoms with Gasteiger partial charge in [-0.15, -0.1) is 0 Å². The van der Waals surface area contributed by atoms with Gasteiger partial charge in [0, 0.05) is 0 Å². The van der Waals surface area contributed by atoms with E-state index in [-0.39, 0.29) is 24.3 Å². The van der Waals surface area contributed by atoms with Gasteiger partial charge in [0.25, 0.3) is 0 Å². The molecule has 15 nitrogen and oxygen atoms in total. The Morgan fingerprint density at radius 1 is 0.514 bits per heavy atom. The Morgan fingerprint density at radius 2 is 0.757 bits per heavy atom. The van der Waals surface area contributed by atoms with Crippen LogP contribution in [0.1, 0.15) is 20.7 Å². The highest BCUT2D eigenvalue weighted by atomic mass is 16.5. The van der Waals surface area contributed by atoms with E-state index in [0.29, 0.717) is 39.6 Å². The van der Waals surface area contributed by atoms with Gasteiger partial charge in [0.1, 0.15) is 0 Å². The lowest BCUT2D eigenvalue weighted by atomic mass is 10.2. The van der Waals surface area contributed by atoms with Gasteiger partial charge in [-0.05, 0) is 24.3 Å². The average molecular weight is 534 g/mol. The van der Waals surface area contributed by atoms with Crippen molar-refractivity contribution in [2.75, 3.05) is 52.9 Å². The standard InChI is InChI=1S/C8H18O5.2C7H6O5/c9-1-3-11-5-7-13-8-6-12-4-2-10;2*8-4-1-3(7(11)12)2-5(9)6(4)10/h9-10H,1-8H2;2*1-2,8-10H,(H,11,12). The summed E-state index contributed by atoms with van der Waals surface area (Å²) >= 11 is 0. The van der Waals surface area contributed by atoms with Gasteiger partial charge in [-0.3, -0.25) is 0 Å². The maximum Gasteiger partial charge on any atom is 0.335 e. The van der Waals surface area contributed by atoms with Crippen LogP contribution in [0.15, 0.2) is 24.3 Å². The fourth-order valence-electron chi connectivity index (χ4n) is 2.13. The highest BCUT2D eigenvalue weighted by molar-refractivity contribution is 5.89. The SMILES string of the molecule is O=C(O)c1cc(O)c(O)c(O)c1.O=C(O)c1cc(O)c(O)c(O)c1.OCCOCCOCCOCCO. The largest absolute Gasteiger partial charge is 0.504 e. The number of hydrogen-bond acceptors (Lipinski definition) is 13. The maximum atomic E-state index is 10.3. The minimum Gasteiger partial charge on any atom is -0.504 e. The number of benzene rings is 2. The van der Waals surface area contributed by atoms with E-state index in [0.717, 1.165) is 24.3 Å². The molecule has 15 heteroatoms. The van der Waals surface area contributed by atoms with E-state index in [1.165, 1.54) is 0 Å². The minimum atomic E-state index is -1.29. The van der Waals surface area contributed by atoms with Gasteiger partial charge in [-0.2, -0.15) is 0 Å². The molecule has 0 unspecified atom stereocenters. The first-order valence-corrected chi connectivity index (χ1v) is 10.4. The Hall–Kier alpha value is -4.02. The summed E-state index contributed by atoms with van der Waals surface area (Å²) in [5, 5.41) is 86.6. The molecule has 37 heavy (non-hydrogen) atoms. The molecule has 0 aliphatic rings. The summed E-state index contributed by atoms with van der Waals surface area (Å²) in [5.74, 6) is -6.67. The third-order valence-corrected chi connectivity index (χ3v) is 3.85. The first-order valence-electron chi connectivity index (χ1n) is 10.4. The molecule has 0 atom stereocenters. The van der Waals surface area contributed by atoms with E-state index < -0.39 is 46.4 Å². The molecule has 0 aliphatic heterocycles. The minimum absolute atomic E-state index is 0.0413. The number of phenolic OH excluding ortho intramolecular Hbond substituents is 6. The Morgan fingerprint density at radius 3 is 0.973 bits per heavy atom. The van der Waals surface area contributed by atoms with Gasteiger partial charge in [-0.25, -0.2) is 9.59 Å². The number of phenols is 6. The monoisotopic (exact) mass is 534 g/mol. The highest BCUT2D eigenvalue weighted by Crippen LogP contribution is 2.36. The van der Waals surface area contributed by atoms with Crippen LogP contribution in [0.25, 0.3) is 0 Å². The highest BCUT2D eigenvalue weighted by Gasteiger charge is 2.12. The third-order valence-electron chi connectivity index (χ3n) is 3.85. The molecule has 0 heterocycles. The van der Waals surface area contributed by atoms with E-state index in [1.807, 2.05) is 0 Å². The Balaban J connectivity index is 0.000000526. The van der Waals surface area contributed by atoms with Crippen molar-refractivity contribution in [2.24, 2.45) is 0 Å². The van der Waals surface area contributed by atoms with Crippen LogP contribution in [0.2, 0.25) is 0 Å². The van der Waals surface area contributed by atoms with Crippen molar-refractivity contribution >= 4 is 11.9 Å². The van der Waals surface area contributed by atoms with Crippen molar-refractivity contribution in [3.63, 3.8) is 0 Å². The summed E-state index contributed by atoms with van der Waals surface area (Å²) in [6.45, 7) is 2.76. The van der Waals surface area contributed by atoms with Crippen LogP contribution in [0.4, 0.5) is 0 Å². The average Bonchev–Trinajstić information content (AvgIpc) is 2.85. The van der Waals surface area contributed by atoms with Gasteiger partial charge in [0.15, 0.2) is 34.5 Å². The second kappa shape index (κ2) is 18.3. The molecule has 0 saturated carbocycles. The van der Waals surface area contributed by atoms with Gasteiger partial charge >= 0.3 is 11.9 Å². The van der Waals surface area contributed by atoms with Gasteiger partial charge < -0.3 is 65.3 Å². The summed E-state index contributed by atoms with van der Waals surface area (Å²) in [6, 6.07) is 3.38. The summed E-state index contributed by atoms with van der Waals surface area (Å²) in [7, 11) is 0. The molecule has 2 aromatic carbocycles. The van der Waals surface area contributed by atoms with E-state index in [2.05, 4.69) is 0 Å². The third kappa shape index (κ3) is 13.6. The zero-order valence-corrected chi connectivity index (χ0v) is 19.5. The van der Waals surface area contributed by atoms with Gasteiger partial charge in [0.2, 0.25) is 0 Å². The topological polar surface area (TPSA) is 264 Å². The van der Waals surface area contributed by atoms with Gasteiger partial charge in [-0.1, -0.05) is 0 Å². The van der Waals surface area contributed by atoms with Crippen LogP contribution < -0.4 is 0 Å². The number of aromatic carboxylic acids is 2. The van der Waals surface area contributed by atoms with Crippen molar-refractivity contribution in [3.05, 3.63) is 35.4 Å². The second-order valence-electron chi connectivity index (χ2n) is 6.62. The molecule has 2 aromatic rings. The van der Waals surface area contributed by atoms with E-state index in [4.69, 9.17) is 65.3 Å². The predicted octanol–water partition coefficient (Wildman–Crippen LogP) is 0.0240. The Kier molecular flexibility index (Phi) is 16.3. The van der Waals surface area contributed by atoms with Crippen molar-refractivity contribution < 1.29 is 74.9 Å². The molecule has 0 bridgehead atoms. The van der Waals surface area contributed by atoms with Gasteiger partial charge in [0.05, 0.1) is 64.0 Å². The normalized spacial score (nSPS) is 10.0. The molecule has 0 amide bonds. The Bertz CT molecular complexity index is 853. The molecule has 0 fully saturated rings. The van der Waals surface area contributed by atoms with E-state index >= 15 is 0 Å². The molecule has 208 valence electrons. The number of hydrogen-bond donors (Lipinski definition) is 10. The molecule has 0 saturated heterocycles. The second-order valence-corrected chi connectivity index (χ2v) is 6.62. The van der Waals surface area contributed by atoms with E-state index in [1.54, 1.807) is 0 Å². The van der Waals surface area contributed by atoms with Crippen LogP contribution in [-0.4, -0.2) is 116 Å². The predicted molar refractivity (Wildman–Crippen MR) is 123 cm³/mol. The number of aliphatic hydroxyl groups is 2. The number of aromatic hydroxyl groups is 6. The maximum absolute atomic E-state index is 10.3. The summed E-state index contributed by atoms with van der Waals surface area (Å²) in [5.41, 5.74) is -0.578. The van der Waals surface area contributed by atoms with Crippen molar-refractivity contribution in [1.29, 1.82) is 0 Å². The smallest absolute Gasteiger partial charge is 0.335 e. The van der Waals surface area contributed by atoms with Crippen LogP contribution >= 0.6 is 0 Å². The van der Waals surface area contributed by atoms with Crippen molar-refractivity contribution in [2.45, 2.75) is 0 Å². The van der Waals surface area contributed by atoms with Crippen LogP contribution in [0, 0.1) is 0 Å². The molecule has 0 radical (unpaired) electrons. The lowest BCUT2D eigenvalue weighted by Crippen LogP contribution is -2.11. The van der Waals surface area contributed by atoms with Crippen LogP contribution in [0.3, 0.4) is 0 Å². The van der Waals surface area contributed by atoms with Crippen LogP contribution in [-0.2, 0) is 14.2 Å². The first kappa shape index (κ1) is 33.0. The summed E-state index contributed by atoms with van der Waals surface area (Å²) in [6.07, 6.45) is 0. The molecule has 0 spiro atoms. The summed E-state index contributed by atoms with van der Waals surface area (Å²) < 4.78 is 15.0. The zero-order valence-electron chi connectivity index (χ0n) is 19.5. The fraction of sp³-hybridized carbons (Fsp3) is 0.364. The van der Waals surface area contributed by atoms with Crippen LogP contribution in [0.5, 0.6) is 34.5 Å². The number of carboxylic acids is 2. The number of carboxylic acid groups (broad SMARTS) is 2. The summed E-state index contributed by atoms with van der Waals surface area (Å²) in [4.78, 5) is 20.6. The van der Waals surface area contributed by atoms with Crippen molar-refractivity contribution in [1.82, 2.24) is 0 Å². The number of aliphatic hydroxyl groups excluding tert-OH is 2. The molecule has 0 aliphatic carbocycles. The Labute approximate surface area is 210 Å². The zero-order chi connectivity index (χ0) is 28.4. The number of ether oxygens (including phenoxy) is 3. The lowest BCUT2D eigenvalue weighted by molar-refractivity contribution is 0.00230. The fourth-order valence-corrected chi connectivity index (χ4v) is 2.13.